The third kappa shape index (κ3) is 2.46. The average molecular weight is 371 g/mol. The number of benzene rings is 1. The minimum absolute atomic E-state index is 0.100. The first-order valence-corrected chi connectivity index (χ1v) is 8.37. The third-order valence-electron chi connectivity index (χ3n) is 4.15. The van der Waals surface area contributed by atoms with Crippen LogP contribution in [0.25, 0.3) is 21.9 Å². The largest absolute Gasteiger partial charge is 0.349 e. The highest BCUT2D eigenvalue weighted by molar-refractivity contribution is 6.30. The Bertz CT molecular complexity index is 1170. The number of nitrogens with zero attached hydrogens (tertiary/aromatic N) is 4. The fraction of sp³-hybridized carbons (Fsp3) is 0.176. The predicted octanol–water partition coefficient (Wildman–Crippen LogP) is 3.14. The molecule has 1 aromatic carbocycles. The molecule has 9 heteroatoms. The minimum atomic E-state index is -0.307. The number of carbonyl (C=O) groups is 1. The van der Waals surface area contributed by atoms with Gasteiger partial charge in [-0.1, -0.05) is 11.6 Å². The zero-order chi connectivity index (χ0) is 18.4. The Kier molecular flexibility index (Phi) is 3.77. The predicted molar refractivity (Wildman–Crippen MR) is 99.9 cm³/mol. The summed E-state index contributed by atoms with van der Waals surface area (Å²) in [7, 11) is 0. The smallest absolute Gasteiger partial charge is 0.295 e. The fourth-order valence-corrected chi connectivity index (χ4v) is 3.07. The summed E-state index contributed by atoms with van der Waals surface area (Å²) in [5, 5.41) is 10.9. The highest BCUT2D eigenvalue weighted by atomic mass is 35.5. The van der Waals surface area contributed by atoms with Gasteiger partial charge in [0.15, 0.2) is 5.65 Å². The molecule has 0 saturated carbocycles. The van der Waals surface area contributed by atoms with Crippen molar-refractivity contribution >= 4 is 45.3 Å². The zero-order valence-electron chi connectivity index (χ0n) is 14.0. The van der Waals surface area contributed by atoms with Crippen molar-refractivity contribution < 1.29 is 4.79 Å². The van der Waals surface area contributed by atoms with Gasteiger partial charge < -0.3 is 0 Å². The first kappa shape index (κ1) is 16.3. The molecule has 0 fully saturated rings. The number of H-pyrrole nitrogens is 2. The van der Waals surface area contributed by atoms with Gasteiger partial charge in [0.05, 0.1) is 10.8 Å². The number of anilines is 1. The molecular weight excluding hydrogens is 356 g/mol. The molecule has 0 aliphatic heterocycles. The molecule has 0 aliphatic rings. The molecule has 0 bridgehead atoms. The number of nitrogens with one attached hydrogen (secondary N) is 2. The number of carbonyl (C=O) groups excluding carboxylic acids is 1. The maximum atomic E-state index is 13.2. The van der Waals surface area contributed by atoms with Crippen LogP contribution in [0.5, 0.6) is 0 Å². The maximum absolute atomic E-state index is 13.2. The molecule has 4 rings (SSSR count). The summed E-state index contributed by atoms with van der Waals surface area (Å²) in [6, 6.07) is 6.64. The fourth-order valence-electron chi connectivity index (χ4n) is 2.95. The zero-order valence-corrected chi connectivity index (χ0v) is 14.8. The first-order valence-electron chi connectivity index (χ1n) is 7.99. The molecule has 8 nitrogen and oxygen atoms in total. The van der Waals surface area contributed by atoms with Crippen LogP contribution in [0.1, 0.15) is 13.8 Å². The van der Waals surface area contributed by atoms with Crippen LogP contribution in [0, 0.1) is 0 Å². The molecule has 2 N–H and O–H groups in total. The van der Waals surface area contributed by atoms with Crippen LogP contribution in [0.3, 0.4) is 0 Å². The second kappa shape index (κ2) is 5.99. The van der Waals surface area contributed by atoms with Crippen LogP contribution in [-0.2, 0) is 0 Å². The van der Waals surface area contributed by atoms with Gasteiger partial charge in [0, 0.05) is 29.1 Å². The lowest BCUT2D eigenvalue weighted by Gasteiger charge is -2.26. The first-order chi connectivity index (χ1) is 12.5. The lowest BCUT2D eigenvalue weighted by Crippen LogP contribution is -2.40. The van der Waals surface area contributed by atoms with Crippen molar-refractivity contribution in [2.24, 2.45) is 0 Å². The molecule has 3 aromatic heterocycles. The van der Waals surface area contributed by atoms with Gasteiger partial charge in [-0.3, -0.25) is 14.8 Å². The standard InChI is InChI=1S/C17H15ClN6O2/c1-9(2)23(11-5-3-10(18)4-6-11)17(26)24-15-12(8-20-24)14-13(7-19-15)16(25)22-21-14/h3-9,20H,1-2H3,(H,22,25). The molecular formula is C17H15ClN6O2. The number of aromatic amines is 2. The number of hydrogen-bond donors (Lipinski definition) is 2. The molecule has 0 radical (unpaired) electrons. The van der Waals surface area contributed by atoms with Crippen molar-refractivity contribution in [2.75, 3.05) is 4.90 Å². The number of hydrogen-bond acceptors (Lipinski definition) is 4. The van der Waals surface area contributed by atoms with E-state index in [1.165, 1.54) is 10.9 Å². The number of rotatable bonds is 2. The number of fused-ring (bicyclic) bond motifs is 3. The Labute approximate surface area is 152 Å². The van der Waals surface area contributed by atoms with Gasteiger partial charge in [0.1, 0.15) is 5.52 Å². The summed E-state index contributed by atoms with van der Waals surface area (Å²) in [4.78, 5) is 30.8. The molecule has 0 saturated heterocycles. The van der Waals surface area contributed by atoms with Crippen molar-refractivity contribution in [3.63, 3.8) is 0 Å². The highest BCUT2D eigenvalue weighted by Crippen LogP contribution is 2.24. The molecule has 132 valence electrons. The van der Waals surface area contributed by atoms with E-state index in [1.54, 1.807) is 35.4 Å². The summed E-state index contributed by atoms with van der Waals surface area (Å²) in [5.41, 5.74) is 1.28. The van der Waals surface area contributed by atoms with E-state index < -0.39 is 0 Å². The van der Waals surface area contributed by atoms with Crippen molar-refractivity contribution in [3.05, 3.63) is 52.0 Å². The normalized spacial score (nSPS) is 11.5. The Hall–Kier alpha value is -3.13. The third-order valence-corrected chi connectivity index (χ3v) is 4.40. The summed E-state index contributed by atoms with van der Waals surface area (Å²) in [6.45, 7) is 3.84. The molecule has 0 spiro atoms. The molecule has 0 atom stereocenters. The van der Waals surface area contributed by atoms with E-state index in [4.69, 9.17) is 11.6 Å². The van der Waals surface area contributed by atoms with E-state index >= 15 is 0 Å². The maximum Gasteiger partial charge on any atom is 0.349 e. The molecule has 1 amide bonds. The van der Waals surface area contributed by atoms with Gasteiger partial charge >= 0.3 is 6.03 Å². The van der Waals surface area contributed by atoms with E-state index in [1.807, 2.05) is 13.8 Å². The summed E-state index contributed by atoms with van der Waals surface area (Å²) in [5.74, 6) is 0. The van der Waals surface area contributed by atoms with E-state index in [9.17, 15) is 9.59 Å². The summed E-state index contributed by atoms with van der Waals surface area (Å²) in [6.07, 6.45) is 3.03. The molecule has 4 aromatic rings. The van der Waals surface area contributed by atoms with Crippen LogP contribution in [0.4, 0.5) is 10.5 Å². The van der Waals surface area contributed by atoms with E-state index in [0.29, 0.717) is 32.6 Å². The van der Waals surface area contributed by atoms with E-state index in [0.717, 1.165) is 0 Å². The molecule has 0 unspecified atom stereocenters. The second-order valence-corrected chi connectivity index (χ2v) is 6.58. The van der Waals surface area contributed by atoms with Gasteiger partial charge in [-0.2, -0.15) is 9.78 Å². The number of amides is 1. The quantitative estimate of drug-likeness (QED) is 0.566. The van der Waals surface area contributed by atoms with E-state index in [-0.39, 0.29) is 17.6 Å². The number of halogens is 1. The Morgan fingerprint density at radius 1 is 1.23 bits per heavy atom. The van der Waals surface area contributed by atoms with Crippen molar-refractivity contribution in [1.82, 2.24) is 25.0 Å². The van der Waals surface area contributed by atoms with Crippen LogP contribution in [0.2, 0.25) is 5.02 Å². The second-order valence-electron chi connectivity index (χ2n) is 6.14. The van der Waals surface area contributed by atoms with E-state index in [2.05, 4.69) is 20.3 Å². The number of pyridine rings is 1. The number of aromatic nitrogens is 5. The SMILES string of the molecule is CC(C)N(C(=O)n1[nH]cc2c3n[nH]c(=O)c3cnc21)c1ccc(Cl)cc1. The lowest BCUT2D eigenvalue weighted by atomic mass is 10.2. The monoisotopic (exact) mass is 370 g/mol. The highest BCUT2D eigenvalue weighted by Gasteiger charge is 2.24. The van der Waals surface area contributed by atoms with Gasteiger partial charge in [-0.25, -0.2) is 14.9 Å². The van der Waals surface area contributed by atoms with Crippen LogP contribution >= 0.6 is 11.6 Å². The summed E-state index contributed by atoms with van der Waals surface area (Å²) >= 11 is 5.95. The minimum Gasteiger partial charge on any atom is -0.295 e. The van der Waals surface area contributed by atoms with Gasteiger partial charge in [0.25, 0.3) is 5.56 Å². The van der Waals surface area contributed by atoms with Crippen LogP contribution in [0.15, 0.2) is 41.5 Å². The Morgan fingerprint density at radius 3 is 2.65 bits per heavy atom. The van der Waals surface area contributed by atoms with Crippen molar-refractivity contribution in [1.29, 1.82) is 0 Å². The molecule has 3 heterocycles. The van der Waals surface area contributed by atoms with Crippen LogP contribution < -0.4 is 10.5 Å². The van der Waals surface area contributed by atoms with Gasteiger partial charge in [-0.05, 0) is 38.1 Å². The van der Waals surface area contributed by atoms with Crippen molar-refractivity contribution in [3.8, 4) is 0 Å². The van der Waals surface area contributed by atoms with Crippen LogP contribution in [-0.4, -0.2) is 37.0 Å². The Balaban J connectivity index is 1.85. The van der Waals surface area contributed by atoms with Gasteiger partial charge in [0.2, 0.25) is 0 Å². The lowest BCUT2D eigenvalue weighted by molar-refractivity contribution is 0.244. The van der Waals surface area contributed by atoms with Gasteiger partial charge in [-0.15, -0.1) is 0 Å². The summed E-state index contributed by atoms with van der Waals surface area (Å²) < 4.78 is 1.34. The van der Waals surface area contributed by atoms with Crippen molar-refractivity contribution in [2.45, 2.75) is 19.9 Å². The Morgan fingerprint density at radius 2 is 1.96 bits per heavy atom. The average Bonchev–Trinajstić information content (AvgIpc) is 3.20. The topological polar surface area (TPSA) is 99.7 Å². The molecule has 26 heavy (non-hydrogen) atoms. The molecule has 0 aliphatic carbocycles.